The van der Waals surface area contributed by atoms with E-state index in [9.17, 15) is 9.59 Å². The smallest absolute Gasteiger partial charge is 0.303 e. The molecule has 0 saturated carbocycles. The van der Waals surface area contributed by atoms with E-state index in [1.807, 2.05) is 24.8 Å². The zero-order valence-electron chi connectivity index (χ0n) is 12.7. The molecule has 0 radical (unpaired) electrons. The number of hydrogen-bond donors (Lipinski definition) is 1. The molecule has 0 unspecified atom stereocenters. The van der Waals surface area contributed by atoms with Crippen LogP contribution in [0.25, 0.3) is 0 Å². The number of hydrogen-bond acceptors (Lipinski definition) is 3. The number of aryl methyl sites for hydroxylation is 2. The van der Waals surface area contributed by atoms with Crippen molar-refractivity contribution in [2.24, 2.45) is 5.92 Å². The van der Waals surface area contributed by atoms with E-state index in [1.54, 1.807) is 4.68 Å². The molecule has 2 heterocycles. The third-order valence-electron chi connectivity index (χ3n) is 4.12. The van der Waals surface area contributed by atoms with Crippen LogP contribution in [0.4, 0.5) is 0 Å². The molecule has 1 saturated heterocycles. The molecular formula is C15H23N3O3. The molecule has 116 valence electrons. The van der Waals surface area contributed by atoms with Gasteiger partial charge in [-0.3, -0.25) is 14.3 Å². The Bertz CT molecular complexity index is 516. The molecule has 1 fully saturated rings. The zero-order valence-corrected chi connectivity index (χ0v) is 12.7. The fourth-order valence-electron chi connectivity index (χ4n) is 2.86. The lowest BCUT2D eigenvalue weighted by Crippen LogP contribution is -2.40. The van der Waals surface area contributed by atoms with Gasteiger partial charge in [0, 0.05) is 25.2 Å². The summed E-state index contributed by atoms with van der Waals surface area (Å²) in [5.74, 6) is -0.213. The predicted octanol–water partition coefficient (Wildman–Crippen LogP) is 1.60. The number of carboxylic acids is 1. The first-order chi connectivity index (χ1) is 9.95. The summed E-state index contributed by atoms with van der Waals surface area (Å²) < 4.78 is 1.74. The highest BCUT2D eigenvalue weighted by Crippen LogP contribution is 2.22. The highest BCUT2D eigenvalue weighted by atomic mass is 16.4. The van der Waals surface area contributed by atoms with Gasteiger partial charge in [-0.25, -0.2) is 0 Å². The van der Waals surface area contributed by atoms with Gasteiger partial charge >= 0.3 is 5.97 Å². The Kier molecular flexibility index (Phi) is 4.98. The molecule has 6 heteroatoms. The number of carbonyl (C=O) groups excluding carboxylic acids is 1. The van der Waals surface area contributed by atoms with E-state index in [1.165, 1.54) is 0 Å². The normalized spacial score (nSPS) is 16.2. The lowest BCUT2D eigenvalue weighted by Gasteiger charge is -2.32. The molecule has 0 atom stereocenters. The van der Waals surface area contributed by atoms with E-state index >= 15 is 0 Å². The van der Waals surface area contributed by atoms with E-state index in [2.05, 4.69) is 5.10 Å². The van der Waals surface area contributed by atoms with Crippen LogP contribution in [-0.2, 0) is 16.1 Å². The lowest BCUT2D eigenvalue weighted by atomic mass is 9.92. The summed E-state index contributed by atoms with van der Waals surface area (Å²) in [6, 6.07) is 1.96. The van der Waals surface area contributed by atoms with Crippen molar-refractivity contribution in [1.29, 1.82) is 0 Å². The molecule has 1 aliphatic rings. The molecule has 0 aromatic carbocycles. The average molecular weight is 293 g/mol. The fourth-order valence-corrected chi connectivity index (χ4v) is 2.86. The van der Waals surface area contributed by atoms with Crippen LogP contribution >= 0.6 is 0 Å². The number of carbonyl (C=O) groups is 2. The van der Waals surface area contributed by atoms with Crippen molar-refractivity contribution in [1.82, 2.24) is 14.7 Å². The Morgan fingerprint density at radius 1 is 1.33 bits per heavy atom. The van der Waals surface area contributed by atoms with Crippen LogP contribution in [0, 0.1) is 19.8 Å². The van der Waals surface area contributed by atoms with Crippen molar-refractivity contribution in [3.63, 3.8) is 0 Å². The second-order valence-corrected chi connectivity index (χ2v) is 5.84. The van der Waals surface area contributed by atoms with Crippen LogP contribution in [-0.4, -0.2) is 44.8 Å². The first-order valence-electron chi connectivity index (χ1n) is 7.46. The molecule has 1 aromatic heterocycles. The van der Waals surface area contributed by atoms with E-state index in [0.717, 1.165) is 43.7 Å². The van der Waals surface area contributed by atoms with Crippen LogP contribution in [0.15, 0.2) is 6.07 Å². The third kappa shape index (κ3) is 4.31. The highest BCUT2D eigenvalue weighted by Gasteiger charge is 2.23. The van der Waals surface area contributed by atoms with Gasteiger partial charge in [-0.2, -0.15) is 5.10 Å². The third-order valence-corrected chi connectivity index (χ3v) is 4.12. The van der Waals surface area contributed by atoms with Crippen LogP contribution in [0.5, 0.6) is 0 Å². The molecule has 1 aromatic rings. The van der Waals surface area contributed by atoms with Gasteiger partial charge in [0.25, 0.3) is 0 Å². The van der Waals surface area contributed by atoms with Gasteiger partial charge in [-0.05, 0) is 45.1 Å². The molecule has 21 heavy (non-hydrogen) atoms. The summed E-state index contributed by atoms with van der Waals surface area (Å²) in [5, 5.41) is 13.0. The molecule has 1 amide bonds. The summed E-state index contributed by atoms with van der Waals surface area (Å²) >= 11 is 0. The van der Waals surface area contributed by atoms with E-state index < -0.39 is 5.97 Å². The maximum atomic E-state index is 12.3. The minimum atomic E-state index is -0.738. The van der Waals surface area contributed by atoms with Crippen molar-refractivity contribution < 1.29 is 14.7 Å². The summed E-state index contributed by atoms with van der Waals surface area (Å²) in [6.07, 6.45) is 2.74. The van der Waals surface area contributed by atoms with Crippen molar-refractivity contribution in [3.05, 3.63) is 17.5 Å². The Balaban J connectivity index is 1.80. The molecule has 0 bridgehead atoms. The zero-order chi connectivity index (χ0) is 15.4. The van der Waals surface area contributed by atoms with Gasteiger partial charge in [0.1, 0.15) is 6.54 Å². The molecule has 6 nitrogen and oxygen atoms in total. The standard InChI is InChI=1S/C15H23N3O3/c1-11-9-12(2)18(16-11)10-14(19)17-7-5-13(6-8-17)3-4-15(20)21/h9,13H,3-8,10H2,1-2H3,(H,20,21). The summed E-state index contributed by atoms with van der Waals surface area (Å²) in [7, 11) is 0. The van der Waals surface area contributed by atoms with Crippen molar-refractivity contribution in [2.75, 3.05) is 13.1 Å². The average Bonchev–Trinajstić information content (AvgIpc) is 2.75. The fraction of sp³-hybridized carbons (Fsp3) is 0.667. The number of amides is 1. The summed E-state index contributed by atoms with van der Waals surface area (Å²) in [4.78, 5) is 24.7. The van der Waals surface area contributed by atoms with E-state index in [4.69, 9.17) is 5.11 Å². The van der Waals surface area contributed by atoms with Crippen molar-refractivity contribution >= 4 is 11.9 Å². The highest BCUT2D eigenvalue weighted by molar-refractivity contribution is 5.76. The molecule has 2 rings (SSSR count). The molecule has 0 spiro atoms. The van der Waals surface area contributed by atoms with E-state index in [0.29, 0.717) is 12.5 Å². The minimum Gasteiger partial charge on any atom is -0.481 e. The number of aromatic nitrogens is 2. The molecular weight excluding hydrogens is 270 g/mol. The maximum absolute atomic E-state index is 12.3. The number of likely N-dealkylation sites (tertiary alicyclic amines) is 1. The number of aliphatic carboxylic acids is 1. The van der Waals surface area contributed by atoms with Crippen molar-refractivity contribution in [3.8, 4) is 0 Å². The number of nitrogens with zero attached hydrogens (tertiary/aromatic N) is 3. The van der Waals surface area contributed by atoms with Gasteiger partial charge in [0.15, 0.2) is 0 Å². The van der Waals surface area contributed by atoms with Crippen LogP contribution in [0.1, 0.15) is 37.1 Å². The van der Waals surface area contributed by atoms with Gasteiger partial charge in [-0.1, -0.05) is 0 Å². The number of piperidine rings is 1. The summed E-state index contributed by atoms with van der Waals surface area (Å²) in [5.41, 5.74) is 1.92. The number of rotatable bonds is 5. The first kappa shape index (κ1) is 15.5. The molecule has 1 N–H and O–H groups in total. The quantitative estimate of drug-likeness (QED) is 0.894. The monoisotopic (exact) mass is 293 g/mol. The Morgan fingerprint density at radius 3 is 2.52 bits per heavy atom. The summed E-state index contributed by atoms with van der Waals surface area (Å²) in [6.45, 7) is 5.61. The van der Waals surface area contributed by atoms with Gasteiger partial charge in [0.05, 0.1) is 5.69 Å². The second kappa shape index (κ2) is 6.74. The van der Waals surface area contributed by atoms with Gasteiger partial charge < -0.3 is 10.0 Å². The second-order valence-electron chi connectivity index (χ2n) is 5.84. The van der Waals surface area contributed by atoms with Crippen molar-refractivity contribution in [2.45, 2.75) is 46.1 Å². The Hall–Kier alpha value is -1.85. The first-order valence-corrected chi connectivity index (χ1v) is 7.46. The minimum absolute atomic E-state index is 0.0953. The Morgan fingerprint density at radius 2 is 2.00 bits per heavy atom. The van der Waals surface area contributed by atoms with Crippen LogP contribution < -0.4 is 0 Å². The van der Waals surface area contributed by atoms with E-state index in [-0.39, 0.29) is 12.3 Å². The topological polar surface area (TPSA) is 75.4 Å². The predicted molar refractivity (Wildman–Crippen MR) is 77.9 cm³/mol. The van der Waals surface area contributed by atoms with Crippen LogP contribution in [0.2, 0.25) is 0 Å². The SMILES string of the molecule is Cc1cc(C)n(CC(=O)N2CCC(CCC(=O)O)CC2)n1. The van der Waals surface area contributed by atoms with Crippen LogP contribution in [0.3, 0.4) is 0 Å². The molecule has 1 aliphatic heterocycles. The largest absolute Gasteiger partial charge is 0.481 e. The maximum Gasteiger partial charge on any atom is 0.303 e. The Labute approximate surface area is 124 Å². The van der Waals surface area contributed by atoms with Gasteiger partial charge in [0.2, 0.25) is 5.91 Å². The lowest BCUT2D eigenvalue weighted by molar-refractivity contribution is -0.138. The molecule has 0 aliphatic carbocycles. The number of carboxylic acid groups (broad SMARTS) is 1. The van der Waals surface area contributed by atoms with Gasteiger partial charge in [-0.15, -0.1) is 0 Å².